The van der Waals surface area contributed by atoms with E-state index in [2.05, 4.69) is 83.1 Å². The maximum Gasteiger partial charge on any atom is 0.338 e. The number of rotatable bonds is 5. The highest BCUT2D eigenvalue weighted by Crippen LogP contribution is 2.45. The summed E-state index contributed by atoms with van der Waals surface area (Å²) >= 11 is 0. The van der Waals surface area contributed by atoms with Crippen LogP contribution in [0.4, 0.5) is 5.69 Å². The summed E-state index contributed by atoms with van der Waals surface area (Å²) in [4.78, 5) is 24.8. The lowest BCUT2D eigenvalue weighted by Gasteiger charge is -2.27. The van der Waals surface area contributed by atoms with Gasteiger partial charge in [-0.1, -0.05) is 132 Å². The zero-order chi connectivity index (χ0) is 45.9. The van der Waals surface area contributed by atoms with Crippen LogP contribution in [-0.4, -0.2) is 32.8 Å². The molecule has 0 heterocycles. The van der Waals surface area contributed by atoms with Crippen molar-refractivity contribution in [2.24, 2.45) is 0 Å². The number of esters is 1. The SMILES string of the molecule is CCOC(=O)c1ccc(Oc2c3cc(C(C)(C)C)cc2Cc2cc(C(C)(C)C)cc(c2O)Cc2cc(C(C)(C)C)cc(c2O)Cc2cc(C(C)(C)C)cc(c2O)C3)c([N+](=O)[O-])c1. The van der Waals surface area contributed by atoms with E-state index in [0.717, 1.165) is 22.3 Å². The Bertz CT molecular complexity index is 2460. The Kier molecular flexibility index (Phi) is 12.1. The number of hydrogen-bond acceptors (Lipinski definition) is 8. The molecule has 0 spiro atoms. The molecule has 62 heavy (non-hydrogen) atoms. The Labute approximate surface area is 366 Å². The molecule has 0 aliphatic heterocycles. The summed E-state index contributed by atoms with van der Waals surface area (Å²) in [6, 6.07) is 20.2. The van der Waals surface area contributed by atoms with E-state index in [0.29, 0.717) is 50.3 Å². The maximum absolute atomic E-state index is 12.7. The van der Waals surface area contributed by atoms with Crippen molar-refractivity contribution in [2.75, 3.05) is 6.61 Å². The van der Waals surface area contributed by atoms with Gasteiger partial charge in [-0.2, -0.15) is 0 Å². The van der Waals surface area contributed by atoms with Gasteiger partial charge in [0.1, 0.15) is 23.0 Å². The lowest BCUT2D eigenvalue weighted by atomic mass is 9.79. The first-order chi connectivity index (χ1) is 28.6. The van der Waals surface area contributed by atoms with Gasteiger partial charge in [0.15, 0.2) is 0 Å². The third kappa shape index (κ3) is 9.62. The number of aromatic hydroxyl groups is 3. The smallest absolute Gasteiger partial charge is 0.338 e. The first kappa shape index (κ1) is 45.7. The average molecular weight is 842 g/mol. The number of benzene rings is 5. The van der Waals surface area contributed by atoms with Crippen LogP contribution in [0.5, 0.6) is 28.7 Å². The Morgan fingerprint density at radius 1 is 0.548 bits per heavy atom. The van der Waals surface area contributed by atoms with Gasteiger partial charge in [0.05, 0.1) is 17.1 Å². The first-order valence-electron chi connectivity index (χ1n) is 21.5. The molecular formula is C53H63NO8. The predicted molar refractivity (Wildman–Crippen MR) is 246 cm³/mol. The summed E-state index contributed by atoms with van der Waals surface area (Å²) in [6.07, 6.45) is 0.839. The van der Waals surface area contributed by atoms with Gasteiger partial charge in [0, 0.05) is 31.7 Å². The summed E-state index contributed by atoms with van der Waals surface area (Å²) in [6.45, 7) is 27.2. The zero-order valence-electron chi connectivity index (χ0n) is 38.7. The van der Waals surface area contributed by atoms with E-state index in [4.69, 9.17) is 9.47 Å². The third-order valence-electron chi connectivity index (χ3n) is 11.9. The van der Waals surface area contributed by atoms with E-state index in [1.807, 2.05) is 48.5 Å². The zero-order valence-corrected chi connectivity index (χ0v) is 38.7. The lowest BCUT2D eigenvalue weighted by Crippen LogP contribution is -2.16. The third-order valence-corrected chi connectivity index (χ3v) is 11.9. The van der Waals surface area contributed by atoms with Gasteiger partial charge >= 0.3 is 11.7 Å². The Hall–Kier alpha value is -5.83. The van der Waals surface area contributed by atoms with E-state index >= 15 is 0 Å². The van der Waals surface area contributed by atoms with E-state index in [1.165, 1.54) is 18.2 Å². The molecule has 6 rings (SSSR count). The summed E-state index contributed by atoms with van der Waals surface area (Å²) < 4.78 is 11.9. The summed E-state index contributed by atoms with van der Waals surface area (Å²) in [5, 5.41) is 49.5. The molecule has 0 saturated carbocycles. The van der Waals surface area contributed by atoms with E-state index in [1.54, 1.807) is 6.92 Å². The van der Waals surface area contributed by atoms with Gasteiger partial charge in [-0.05, 0) is 107 Å². The number of phenols is 3. The number of nitrogens with zero attached hydrogens (tertiary/aromatic N) is 1. The van der Waals surface area contributed by atoms with Crippen molar-refractivity contribution in [1.29, 1.82) is 0 Å². The second kappa shape index (κ2) is 16.5. The predicted octanol–water partition coefficient (Wildman–Crippen LogP) is 12.5. The molecule has 9 nitrogen and oxygen atoms in total. The molecule has 0 aromatic heterocycles. The number of carbonyl (C=O) groups excluding carboxylic acids is 1. The van der Waals surface area contributed by atoms with Gasteiger partial charge in [-0.3, -0.25) is 10.1 Å². The minimum absolute atomic E-state index is 0.0225. The van der Waals surface area contributed by atoms with Crippen LogP contribution in [0, 0.1) is 10.1 Å². The molecular weight excluding hydrogens is 779 g/mol. The number of hydrogen-bond donors (Lipinski definition) is 3. The average Bonchev–Trinajstić information content (AvgIpc) is 3.15. The molecule has 0 amide bonds. The van der Waals surface area contributed by atoms with Crippen LogP contribution >= 0.6 is 0 Å². The summed E-state index contributed by atoms with van der Waals surface area (Å²) in [7, 11) is 0. The largest absolute Gasteiger partial charge is 0.507 e. The molecule has 3 N–H and O–H groups in total. The monoisotopic (exact) mass is 841 g/mol. The number of carbonyl (C=O) groups is 1. The van der Waals surface area contributed by atoms with Crippen LogP contribution in [0.2, 0.25) is 0 Å². The Morgan fingerprint density at radius 3 is 1.15 bits per heavy atom. The van der Waals surface area contributed by atoms with E-state index in [9.17, 15) is 30.2 Å². The number of nitro benzene ring substituents is 1. The molecule has 328 valence electrons. The van der Waals surface area contributed by atoms with Crippen molar-refractivity contribution in [3.63, 3.8) is 0 Å². The normalized spacial score (nSPS) is 13.4. The van der Waals surface area contributed by atoms with Gasteiger partial charge in [0.2, 0.25) is 5.75 Å². The van der Waals surface area contributed by atoms with Crippen LogP contribution < -0.4 is 4.74 Å². The highest BCUT2D eigenvalue weighted by Gasteiger charge is 2.30. The van der Waals surface area contributed by atoms with Crippen LogP contribution in [0.1, 0.15) is 167 Å². The first-order valence-corrected chi connectivity index (χ1v) is 21.5. The number of nitro groups is 1. The minimum atomic E-state index is -0.685. The Balaban J connectivity index is 1.73. The molecule has 0 radical (unpaired) electrons. The molecule has 1 aliphatic carbocycles. The second-order valence-electron chi connectivity index (χ2n) is 21.0. The van der Waals surface area contributed by atoms with Crippen molar-refractivity contribution in [3.8, 4) is 28.7 Å². The second-order valence-corrected chi connectivity index (χ2v) is 21.0. The van der Waals surface area contributed by atoms with Crippen LogP contribution in [-0.2, 0) is 52.1 Å². The fourth-order valence-electron chi connectivity index (χ4n) is 7.99. The Morgan fingerprint density at radius 2 is 0.855 bits per heavy atom. The number of fused-ring (bicyclic) bond motifs is 8. The van der Waals surface area contributed by atoms with Gasteiger partial charge in [-0.25, -0.2) is 4.79 Å². The van der Waals surface area contributed by atoms with Gasteiger partial charge < -0.3 is 24.8 Å². The van der Waals surface area contributed by atoms with Crippen molar-refractivity contribution >= 4 is 11.7 Å². The fraction of sp³-hybridized carbons (Fsp3) is 0.415. The van der Waals surface area contributed by atoms with Crippen molar-refractivity contribution in [3.05, 3.63) is 149 Å². The van der Waals surface area contributed by atoms with Gasteiger partial charge in [0.25, 0.3) is 0 Å². The van der Waals surface area contributed by atoms with E-state index < -0.39 is 16.6 Å². The fourth-order valence-corrected chi connectivity index (χ4v) is 7.99. The molecule has 1 aliphatic rings. The maximum atomic E-state index is 12.7. The van der Waals surface area contributed by atoms with Crippen LogP contribution in [0.15, 0.2) is 66.7 Å². The topological polar surface area (TPSA) is 139 Å². The molecule has 9 heteroatoms. The van der Waals surface area contributed by atoms with Gasteiger partial charge in [-0.15, -0.1) is 0 Å². The molecule has 0 unspecified atom stereocenters. The van der Waals surface area contributed by atoms with Crippen molar-refractivity contribution < 1.29 is 34.5 Å². The quantitative estimate of drug-likeness (QED) is 0.0886. The molecule has 5 aromatic carbocycles. The van der Waals surface area contributed by atoms with Crippen LogP contribution in [0.25, 0.3) is 0 Å². The molecule has 0 saturated heterocycles. The highest BCUT2D eigenvalue weighted by atomic mass is 16.6. The minimum Gasteiger partial charge on any atom is -0.507 e. The number of phenolic OH excluding ortho intramolecular Hbond substituents is 3. The van der Waals surface area contributed by atoms with E-state index in [-0.39, 0.29) is 82.5 Å². The van der Waals surface area contributed by atoms with Crippen molar-refractivity contribution in [2.45, 2.75) is 137 Å². The number of ether oxygens (including phenoxy) is 2. The summed E-state index contributed by atoms with van der Waals surface area (Å²) in [5.74, 6) is -0.115. The standard InChI is InChI=1S/C53H63NO8/c1-14-61-49(58)30-15-16-44(43(29-30)54(59)60)62-48-37-19-35-25-40(51(5,6)7)23-33(46(35)56)17-31-21-39(50(2,3)4)22-32(45(31)55)18-34-24-41(52(8,9)10)26-36(47(34)57)20-38(48)28-42(27-37)53(11,12)13/h15-16,21-29,55-57H,14,17-20H2,1-13H3. The molecule has 5 aromatic rings. The lowest BCUT2D eigenvalue weighted by molar-refractivity contribution is -0.385. The molecule has 0 fully saturated rings. The summed E-state index contributed by atoms with van der Waals surface area (Å²) in [5.41, 5.74) is 7.53. The molecule has 8 bridgehead atoms. The molecule has 0 atom stereocenters. The van der Waals surface area contributed by atoms with Crippen molar-refractivity contribution in [1.82, 2.24) is 0 Å². The van der Waals surface area contributed by atoms with Crippen LogP contribution in [0.3, 0.4) is 0 Å². The highest BCUT2D eigenvalue weighted by molar-refractivity contribution is 5.90.